The fourth-order valence-electron chi connectivity index (χ4n) is 1.78. The molecule has 2 amide bonds. The van der Waals surface area contributed by atoms with Crippen molar-refractivity contribution < 1.29 is 14.7 Å². The third kappa shape index (κ3) is 6.17. The lowest BCUT2D eigenvalue weighted by Gasteiger charge is -2.14. The van der Waals surface area contributed by atoms with Gasteiger partial charge in [0.1, 0.15) is 0 Å². The van der Waals surface area contributed by atoms with Crippen LogP contribution in [-0.4, -0.2) is 28.6 Å². The maximum Gasteiger partial charge on any atom is 0.315 e. The summed E-state index contributed by atoms with van der Waals surface area (Å²) in [6, 6.07) is 5.31. The number of nitrogens with zero attached hydrogens (tertiary/aromatic N) is 1. The summed E-state index contributed by atoms with van der Waals surface area (Å²) in [6.45, 7) is 4.50. The van der Waals surface area contributed by atoms with Gasteiger partial charge in [-0.25, -0.2) is 4.79 Å². The molecule has 0 aliphatic heterocycles. The van der Waals surface area contributed by atoms with Crippen LogP contribution in [0.2, 0.25) is 0 Å². The van der Waals surface area contributed by atoms with Crippen LogP contribution in [0.15, 0.2) is 18.2 Å². The first-order valence-corrected chi connectivity index (χ1v) is 6.67. The van der Waals surface area contributed by atoms with Crippen molar-refractivity contribution >= 4 is 12.0 Å². The maximum absolute atomic E-state index is 11.6. The van der Waals surface area contributed by atoms with Crippen LogP contribution >= 0.6 is 0 Å². The molecule has 0 saturated heterocycles. The third-order valence-corrected chi connectivity index (χ3v) is 2.97. The minimum absolute atomic E-state index is 0.0460. The van der Waals surface area contributed by atoms with Crippen molar-refractivity contribution in [1.29, 1.82) is 0 Å². The standard InChI is InChI=1S/C14H21N3O3/c1-3-11(7-13(18)19)8-15-14(20)16-9-12-6-4-5-10(2)17-12/h4-6,11H,3,7-9H2,1-2H3,(H,18,19)(H2,15,16,20). The Morgan fingerprint density at radius 3 is 2.70 bits per heavy atom. The highest BCUT2D eigenvalue weighted by Gasteiger charge is 2.12. The molecule has 0 radical (unpaired) electrons. The number of rotatable bonds is 7. The first-order chi connectivity index (χ1) is 9.51. The highest BCUT2D eigenvalue weighted by Crippen LogP contribution is 2.06. The Morgan fingerprint density at radius 1 is 1.35 bits per heavy atom. The van der Waals surface area contributed by atoms with E-state index in [1.807, 2.05) is 32.0 Å². The zero-order chi connectivity index (χ0) is 15.0. The molecule has 0 aliphatic rings. The van der Waals surface area contributed by atoms with Gasteiger partial charge in [-0.3, -0.25) is 9.78 Å². The van der Waals surface area contributed by atoms with Crippen molar-refractivity contribution in [2.45, 2.75) is 33.2 Å². The van der Waals surface area contributed by atoms with Crippen LogP contribution in [0.4, 0.5) is 4.79 Å². The van der Waals surface area contributed by atoms with E-state index in [0.29, 0.717) is 19.5 Å². The zero-order valence-electron chi connectivity index (χ0n) is 11.8. The lowest BCUT2D eigenvalue weighted by Crippen LogP contribution is -2.38. The van der Waals surface area contributed by atoms with Crippen molar-refractivity contribution in [3.05, 3.63) is 29.6 Å². The van der Waals surface area contributed by atoms with E-state index < -0.39 is 5.97 Å². The fourth-order valence-corrected chi connectivity index (χ4v) is 1.78. The molecule has 110 valence electrons. The van der Waals surface area contributed by atoms with Crippen LogP contribution in [0.1, 0.15) is 31.2 Å². The summed E-state index contributed by atoms with van der Waals surface area (Å²) in [5.74, 6) is -0.890. The molecule has 3 N–H and O–H groups in total. The number of hydrogen-bond donors (Lipinski definition) is 3. The molecule has 1 atom stereocenters. The van der Waals surface area contributed by atoms with Crippen LogP contribution in [0, 0.1) is 12.8 Å². The molecule has 0 fully saturated rings. The Balaban J connectivity index is 2.31. The quantitative estimate of drug-likeness (QED) is 0.708. The summed E-state index contributed by atoms with van der Waals surface area (Å²) >= 11 is 0. The number of aromatic nitrogens is 1. The Labute approximate surface area is 118 Å². The highest BCUT2D eigenvalue weighted by atomic mass is 16.4. The predicted molar refractivity (Wildman–Crippen MR) is 75.2 cm³/mol. The molecule has 0 aliphatic carbocycles. The normalized spacial score (nSPS) is 11.7. The van der Waals surface area contributed by atoms with Crippen LogP contribution < -0.4 is 10.6 Å². The Morgan fingerprint density at radius 2 is 2.10 bits per heavy atom. The van der Waals surface area contributed by atoms with Crippen LogP contribution in [0.3, 0.4) is 0 Å². The summed E-state index contributed by atoms with van der Waals surface area (Å²) in [4.78, 5) is 26.5. The van der Waals surface area contributed by atoms with Crippen LogP contribution in [-0.2, 0) is 11.3 Å². The van der Waals surface area contributed by atoms with E-state index in [2.05, 4.69) is 15.6 Å². The molecule has 0 aromatic carbocycles. The van der Waals surface area contributed by atoms with Gasteiger partial charge in [-0.05, 0) is 25.0 Å². The second kappa shape index (κ2) is 8.14. The first kappa shape index (κ1) is 15.9. The minimum atomic E-state index is -0.844. The molecule has 1 unspecified atom stereocenters. The topological polar surface area (TPSA) is 91.3 Å². The van der Waals surface area contributed by atoms with Gasteiger partial charge in [-0.2, -0.15) is 0 Å². The van der Waals surface area contributed by atoms with E-state index in [-0.39, 0.29) is 18.4 Å². The molecule has 6 heteroatoms. The molecule has 0 spiro atoms. The van der Waals surface area contributed by atoms with E-state index in [9.17, 15) is 9.59 Å². The largest absolute Gasteiger partial charge is 0.481 e. The summed E-state index contributed by atoms with van der Waals surface area (Å²) in [5, 5.41) is 14.1. The SMILES string of the molecule is CCC(CNC(=O)NCc1cccc(C)n1)CC(=O)O. The molecule has 1 heterocycles. The number of aliphatic carboxylic acids is 1. The second-order valence-corrected chi connectivity index (χ2v) is 4.71. The molecule has 0 bridgehead atoms. The van der Waals surface area contributed by atoms with Crippen LogP contribution in [0.25, 0.3) is 0 Å². The number of amides is 2. The molecule has 1 aromatic rings. The van der Waals surface area contributed by atoms with Gasteiger partial charge >= 0.3 is 12.0 Å². The number of hydrogen-bond acceptors (Lipinski definition) is 3. The van der Waals surface area contributed by atoms with Crippen molar-refractivity contribution in [2.24, 2.45) is 5.92 Å². The molecular weight excluding hydrogens is 258 g/mol. The predicted octanol–water partition coefficient (Wildman–Crippen LogP) is 1.69. The van der Waals surface area contributed by atoms with Gasteiger partial charge < -0.3 is 15.7 Å². The Kier molecular flexibility index (Phi) is 6.49. The van der Waals surface area contributed by atoms with Gasteiger partial charge in [-0.1, -0.05) is 19.4 Å². The first-order valence-electron chi connectivity index (χ1n) is 6.67. The number of aryl methyl sites for hydroxylation is 1. The Hall–Kier alpha value is -2.11. The maximum atomic E-state index is 11.6. The number of pyridine rings is 1. The minimum Gasteiger partial charge on any atom is -0.481 e. The van der Waals surface area contributed by atoms with Crippen molar-refractivity contribution in [3.63, 3.8) is 0 Å². The van der Waals surface area contributed by atoms with Crippen molar-refractivity contribution in [3.8, 4) is 0 Å². The average molecular weight is 279 g/mol. The number of urea groups is 1. The van der Waals surface area contributed by atoms with E-state index in [1.165, 1.54) is 0 Å². The van der Waals surface area contributed by atoms with E-state index in [0.717, 1.165) is 11.4 Å². The number of carboxylic acid groups (broad SMARTS) is 1. The van der Waals surface area contributed by atoms with Crippen LogP contribution in [0.5, 0.6) is 0 Å². The van der Waals surface area contributed by atoms with Gasteiger partial charge in [0, 0.05) is 18.7 Å². The summed E-state index contributed by atoms with van der Waals surface area (Å²) in [6.07, 6.45) is 0.780. The average Bonchev–Trinajstić information content (AvgIpc) is 2.40. The monoisotopic (exact) mass is 279 g/mol. The smallest absolute Gasteiger partial charge is 0.315 e. The molecular formula is C14H21N3O3. The molecule has 0 saturated carbocycles. The zero-order valence-corrected chi connectivity index (χ0v) is 11.8. The van der Waals surface area contributed by atoms with Crippen molar-refractivity contribution in [1.82, 2.24) is 15.6 Å². The number of carbonyl (C=O) groups is 2. The van der Waals surface area contributed by atoms with Crippen molar-refractivity contribution in [2.75, 3.05) is 6.54 Å². The number of nitrogens with one attached hydrogen (secondary N) is 2. The van der Waals surface area contributed by atoms with E-state index in [1.54, 1.807) is 0 Å². The number of carboxylic acids is 1. The summed E-state index contributed by atoms with van der Waals surface area (Å²) in [7, 11) is 0. The molecule has 1 rings (SSSR count). The fraction of sp³-hybridized carbons (Fsp3) is 0.500. The molecule has 1 aromatic heterocycles. The Bertz CT molecular complexity index is 463. The molecule has 6 nitrogen and oxygen atoms in total. The van der Waals surface area contributed by atoms with E-state index in [4.69, 9.17) is 5.11 Å². The van der Waals surface area contributed by atoms with Gasteiger partial charge in [0.25, 0.3) is 0 Å². The van der Waals surface area contributed by atoms with Gasteiger partial charge in [0.15, 0.2) is 0 Å². The van der Waals surface area contributed by atoms with Gasteiger partial charge in [0.05, 0.1) is 12.2 Å². The summed E-state index contributed by atoms with van der Waals surface area (Å²) in [5.41, 5.74) is 1.69. The highest BCUT2D eigenvalue weighted by molar-refractivity contribution is 5.74. The third-order valence-electron chi connectivity index (χ3n) is 2.97. The van der Waals surface area contributed by atoms with Gasteiger partial charge in [-0.15, -0.1) is 0 Å². The summed E-state index contributed by atoms with van der Waals surface area (Å²) < 4.78 is 0. The van der Waals surface area contributed by atoms with E-state index >= 15 is 0 Å². The second-order valence-electron chi connectivity index (χ2n) is 4.71. The number of carbonyl (C=O) groups excluding carboxylic acids is 1. The lowest BCUT2D eigenvalue weighted by molar-refractivity contribution is -0.138. The molecule has 20 heavy (non-hydrogen) atoms. The lowest BCUT2D eigenvalue weighted by atomic mass is 10.0. The van der Waals surface area contributed by atoms with Gasteiger partial charge in [0.2, 0.25) is 0 Å².